The quantitative estimate of drug-likeness (QED) is 0.817. The van der Waals surface area contributed by atoms with Gasteiger partial charge in [0.1, 0.15) is 0 Å². The van der Waals surface area contributed by atoms with Crippen molar-refractivity contribution in [3.63, 3.8) is 0 Å². The van der Waals surface area contributed by atoms with Crippen LogP contribution in [0.4, 0.5) is 0 Å². The van der Waals surface area contributed by atoms with Crippen LogP contribution in [-0.4, -0.2) is 42.1 Å². The van der Waals surface area contributed by atoms with Crippen molar-refractivity contribution in [2.75, 3.05) is 19.7 Å². The van der Waals surface area contributed by atoms with Crippen LogP contribution in [0.25, 0.3) is 0 Å². The van der Waals surface area contributed by atoms with Gasteiger partial charge in [0.15, 0.2) is 0 Å². The summed E-state index contributed by atoms with van der Waals surface area (Å²) < 4.78 is 5.57. The average Bonchev–Trinajstić information content (AvgIpc) is 2.76. The van der Waals surface area contributed by atoms with Crippen LogP contribution >= 0.6 is 12.4 Å². The lowest BCUT2D eigenvalue weighted by molar-refractivity contribution is -0.144. The summed E-state index contributed by atoms with van der Waals surface area (Å²) in [7, 11) is 0. The molecule has 1 saturated heterocycles. The van der Waals surface area contributed by atoms with Crippen LogP contribution in [0.5, 0.6) is 0 Å². The normalized spacial score (nSPS) is 27.6. The van der Waals surface area contributed by atoms with Crippen molar-refractivity contribution in [3.8, 4) is 0 Å². The van der Waals surface area contributed by atoms with Gasteiger partial charge < -0.3 is 15.4 Å². The fraction of sp³-hybridized carbons (Fsp3) is 0.917. The molecule has 100 valence electrons. The SMILES string of the molecule is CCC1CN(C(=O)C2(N)CCCC2)CCO1.Cl. The van der Waals surface area contributed by atoms with Gasteiger partial charge in [-0.05, 0) is 19.3 Å². The number of nitrogens with two attached hydrogens (primary N) is 1. The summed E-state index contributed by atoms with van der Waals surface area (Å²) in [4.78, 5) is 14.2. The summed E-state index contributed by atoms with van der Waals surface area (Å²) in [6.45, 7) is 4.16. The summed E-state index contributed by atoms with van der Waals surface area (Å²) in [6, 6.07) is 0. The van der Waals surface area contributed by atoms with Crippen LogP contribution in [-0.2, 0) is 9.53 Å². The number of carbonyl (C=O) groups is 1. The molecule has 2 fully saturated rings. The Balaban J connectivity index is 0.00000144. The minimum Gasteiger partial charge on any atom is -0.375 e. The number of carbonyl (C=O) groups excluding carboxylic acids is 1. The molecule has 2 N–H and O–H groups in total. The average molecular weight is 263 g/mol. The van der Waals surface area contributed by atoms with Crippen LogP contribution in [0.3, 0.4) is 0 Å². The molecule has 1 atom stereocenters. The lowest BCUT2D eigenvalue weighted by Crippen LogP contribution is -2.57. The maximum absolute atomic E-state index is 12.3. The van der Waals surface area contributed by atoms with E-state index in [9.17, 15) is 4.79 Å². The van der Waals surface area contributed by atoms with Gasteiger partial charge in [0.2, 0.25) is 5.91 Å². The summed E-state index contributed by atoms with van der Waals surface area (Å²) >= 11 is 0. The predicted molar refractivity (Wildman–Crippen MR) is 69.2 cm³/mol. The van der Waals surface area contributed by atoms with Gasteiger partial charge in [-0.1, -0.05) is 19.8 Å². The largest absolute Gasteiger partial charge is 0.375 e. The summed E-state index contributed by atoms with van der Waals surface area (Å²) in [5, 5.41) is 0. The Bertz CT molecular complexity index is 267. The second-order valence-corrected chi connectivity index (χ2v) is 5.02. The van der Waals surface area contributed by atoms with Gasteiger partial charge in [0.05, 0.1) is 18.2 Å². The third kappa shape index (κ3) is 3.12. The predicted octanol–water partition coefficient (Wildman–Crippen LogP) is 1.32. The molecule has 5 heteroatoms. The molecular weight excluding hydrogens is 240 g/mol. The maximum Gasteiger partial charge on any atom is 0.242 e. The maximum atomic E-state index is 12.3. The molecule has 2 aliphatic rings. The number of hydrogen-bond acceptors (Lipinski definition) is 3. The van der Waals surface area contributed by atoms with E-state index in [1.54, 1.807) is 0 Å². The molecule has 0 radical (unpaired) electrons. The van der Waals surface area contributed by atoms with Gasteiger partial charge in [-0.25, -0.2) is 0 Å². The highest BCUT2D eigenvalue weighted by atomic mass is 35.5. The van der Waals surface area contributed by atoms with Crippen LogP contribution in [0.1, 0.15) is 39.0 Å². The van der Waals surface area contributed by atoms with Gasteiger partial charge >= 0.3 is 0 Å². The van der Waals surface area contributed by atoms with Gasteiger partial charge in [-0.15, -0.1) is 12.4 Å². The fourth-order valence-electron chi connectivity index (χ4n) is 2.69. The zero-order valence-electron chi connectivity index (χ0n) is 10.5. The Labute approximate surface area is 109 Å². The lowest BCUT2D eigenvalue weighted by atomic mass is 9.96. The monoisotopic (exact) mass is 262 g/mol. The first-order valence-electron chi connectivity index (χ1n) is 6.35. The van der Waals surface area contributed by atoms with Crippen molar-refractivity contribution in [1.29, 1.82) is 0 Å². The highest BCUT2D eigenvalue weighted by molar-refractivity contribution is 5.86. The van der Waals surface area contributed by atoms with E-state index in [1.807, 2.05) is 4.90 Å². The second kappa shape index (κ2) is 6.03. The molecule has 17 heavy (non-hydrogen) atoms. The first-order valence-corrected chi connectivity index (χ1v) is 6.35. The molecule has 1 heterocycles. The van der Waals surface area contributed by atoms with Crippen LogP contribution < -0.4 is 5.73 Å². The number of amides is 1. The minimum absolute atomic E-state index is 0. The van der Waals surface area contributed by atoms with E-state index in [-0.39, 0.29) is 24.4 Å². The molecular formula is C12H23ClN2O2. The molecule has 0 spiro atoms. The van der Waals surface area contributed by atoms with Crippen molar-refractivity contribution in [2.45, 2.75) is 50.7 Å². The molecule has 1 saturated carbocycles. The summed E-state index contributed by atoms with van der Waals surface area (Å²) in [5.74, 6) is 0.145. The molecule has 2 rings (SSSR count). The minimum atomic E-state index is -0.574. The molecule has 0 aromatic rings. The van der Waals surface area contributed by atoms with Gasteiger partial charge in [-0.2, -0.15) is 0 Å². The number of morpholine rings is 1. The zero-order valence-corrected chi connectivity index (χ0v) is 11.3. The standard InChI is InChI=1S/C12H22N2O2.ClH/c1-2-10-9-14(7-8-16-10)11(15)12(13)5-3-4-6-12;/h10H,2-9,13H2,1H3;1H. The van der Waals surface area contributed by atoms with Crippen molar-refractivity contribution >= 4 is 18.3 Å². The van der Waals surface area contributed by atoms with E-state index in [4.69, 9.17) is 10.5 Å². The molecule has 0 bridgehead atoms. The highest BCUT2D eigenvalue weighted by Gasteiger charge is 2.40. The molecule has 1 aliphatic heterocycles. The van der Waals surface area contributed by atoms with E-state index in [0.717, 1.165) is 32.1 Å². The molecule has 0 aromatic heterocycles. The molecule has 4 nitrogen and oxygen atoms in total. The number of rotatable bonds is 2. The number of nitrogens with zero attached hydrogens (tertiary/aromatic N) is 1. The third-order valence-corrected chi connectivity index (χ3v) is 3.80. The van der Waals surface area contributed by atoms with Gasteiger partial charge in [0.25, 0.3) is 0 Å². The first kappa shape index (κ1) is 14.7. The second-order valence-electron chi connectivity index (χ2n) is 5.02. The van der Waals surface area contributed by atoms with E-state index < -0.39 is 5.54 Å². The van der Waals surface area contributed by atoms with E-state index >= 15 is 0 Å². The van der Waals surface area contributed by atoms with Crippen molar-refractivity contribution < 1.29 is 9.53 Å². The highest BCUT2D eigenvalue weighted by Crippen LogP contribution is 2.29. The Morgan fingerprint density at radius 3 is 2.71 bits per heavy atom. The Hall–Kier alpha value is -0.320. The van der Waals surface area contributed by atoms with Crippen molar-refractivity contribution in [1.82, 2.24) is 4.90 Å². The van der Waals surface area contributed by atoms with Crippen LogP contribution in [0, 0.1) is 0 Å². The van der Waals surface area contributed by atoms with Crippen molar-refractivity contribution in [2.24, 2.45) is 5.73 Å². The number of halogens is 1. The summed E-state index contributed by atoms with van der Waals surface area (Å²) in [6.07, 6.45) is 5.03. The lowest BCUT2D eigenvalue weighted by Gasteiger charge is -2.37. The van der Waals surface area contributed by atoms with Crippen LogP contribution in [0.15, 0.2) is 0 Å². The third-order valence-electron chi connectivity index (χ3n) is 3.80. The van der Waals surface area contributed by atoms with E-state index in [2.05, 4.69) is 6.92 Å². The zero-order chi connectivity index (χ0) is 11.6. The smallest absolute Gasteiger partial charge is 0.242 e. The molecule has 1 aliphatic carbocycles. The first-order chi connectivity index (χ1) is 7.65. The van der Waals surface area contributed by atoms with E-state index in [0.29, 0.717) is 19.7 Å². The molecule has 1 amide bonds. The summed E-state index contributed by atoms with van der Waals surface area (Å²) in [5.41, 5.74) is 5.61. The topological polar surface area (TPSA) is 55.6 Å². The Kier molecular flexibility index (Phi) is 5.22. The van der Waals surface area contributed by atoms with Gasteiger partial charge in [0, 0.05) is 13.1 Å². The number of ether oxygens (including phenoxy) is 1. The number of hydrogen-bond donors (Lipinski definition) is 1. The van der Waals surface area contributed by atoms with Gasteiger partial charge in [-0.3, -0.25) is 4.79 Å². The van der Waals surface area contributed by atoms with E-state index in [1.165, 1.54) is 0 Å². The fourth-order valence-corrected chi connectivity index (χ4v) is 2.69. The van der Waals surface area contributed by atoms with Crippen molar-refractivity contribution in [3.05, 3.63) is 0 Å². The Morgan fingerprint density at radius 2 is 2.12 bits per heavy atom. The Morgan fingerprint density at radius 1 is 1.47 bits per heavy atom. The van der Waals surface area contributed by atoms with Crippen LogP contribution in [0.2, 0.25) is 0 Å². The molecule has 0 aromatic carbocycles. The molecule has 1 unspecified atom stereocenters.